The molecule has 0 fully saturated rings. The van der Waals surface area contributed by atoms with Crippen molar-refractivity contribution >= 4 is 43.2 Å². The molecule has 160 valence electrons. The molecule has 2 heterocycles. The Morgan fingerprint density at radius 3 is 2.65 bits per heavy atom. The number of para-hydroxylation sites is 1. The van der Waals surface area contributed by atoms with Gasteiger partial charge in [-0.05, 0) is 60.8 Å². The lowest BCUT2D eigenvalue weighted by molar-refractivity contribution is -0.121. The predicted octanol–water partition coefficient (Wildman–Crippen LogP) is 3.35. The fraction of sp³-hybridized carbons (Fsp3) is 0.435. The minimum atomic E-state index is -0.952. The number of amides is 2. The summed E-state index contributed by atoms with van der Waals surface area (Å²) < 4.78 is 0. The van der Waals surface area contributed by atoms with Gasteiger partial charge in [-0.25, -0.2) is 10.0 Å². The second kappa shape index (κ2) is 10.4. The standard InChI is InChI=1S/C23H29B2N3O2S/c1-31(2)16-28(18-10-5-6-11-19(18)31)20(29)12-4-3-7-14-27-23(30)22(25)21(24)17-9-8-13-26-15-17/h5-6,8-11,13,15,21-22H,3-4,7,12,14,16H2,1-2H3,(H,27,30). The number of carbonyl (C=O) groups is 2. The van der Waals surface area contributed by atoms with Gasteiger partial charge in [0.15, 0.2) is 0 Å². The van der Waals surface area contributed by atoms with Crippen LogP contribution in [0.25, 0.3) is 0 Å². The first kappa shape index (κ1) is 23.5. The van der Waals surface area contributed by atoms with Gasteiger partial charge in [0.2, 0.25) is 11.8 Å². The smallest absolute Gasteiger partial charge is 0.227 e. The highest BCUT2D eigenvalue weighted by Crippen LogP contribution is 2.59. The zero-order valence-corrected chi connectivity index (χ0v) is 19.1. The summed E-state index contributed by atoms with van der Waals surface area (Å²) in [6, 6.07) is 11.8. The van der Waals surface area contributed by atoms with E-state index in [1.165, 1.54) is 4.90 Å². The molecule has 2 aromatic rings. The molecule has 1 N–H and O–H groups in total. The van der Waals surface area contributed by atoms with Crippen molar-refractivity contribution in [3.63, 3.8) is 0 Å². The van der Waals surface area contributed by atoms with Crippen molar-refractivity contribution in [2.24, 2.45) is 0 Å². The van der Waals surface area contributed by atoms with Gasteiger partial charge in [-0.1, -0.05) is 24.6 Å². The predicted molar refractivity (Wildman–Crippen MR) is 130 cm³/mol. The van der Waals surface area contributed by atoms with Gasteiger partial charge >= 0.3 is 0 Å². The molecule has 3 rings (SSSR count). The molecule has 5 nitrogen and oxygen atoms in total. The summed E-state index contributed by atoms with van der Waals surface area (Å²) in [6.07, 6.45) is 10.8. The van der Waals surface area contributed by atoms with Gasteiger partial charge in [0.05, 0.1) is 27.3 Å². The molecule has 4 radical (unpaired) electrons. The van der Waals surface area contributed by atoms with Crippen LogP contribution in [0, 0.1) is 0 Å². The summed E-state index contributed by atoms with van der Waals surface area (Å²) in [7, 11) is 11.1. The Hall–Kier alpha value is -2.21. The van der Waals surface area contributed by atoms with Gasteiger partial charge in [0.1, 0.15) is 0 Å². The van der Waals surface area contributed by atoms with E-state index in [1.54, 1.807) is 18.5 Å². The van der Waals surface area contributed by atoms with Crippen molar-refractivity contribution in [2.75, 3.05) is 29.8 Å². The number of unbranched alkanes of at least 4 members (excludes halogenated alkanes) is 2. The largest absolute Gasteiger partial charge is 0.357 e. The first-order valence-corrected chi connectivity index (χ1v) is 13.2. The highest BCUT2D eigenvalue weighted by atomic mass is 32.3. The third-order valence-electron chi connectivity index (χ3n) is 5.63. The van der Waals surface area contributed by atoms with E-state index in [1.807, 2.05) is 29.2 Å². The highest BCUT2D eigenvalue weighted by Gasteiger charge is 2.33. The molecule has 0 spiro atoms. The van der Waals surface area contributed by atoms with E-state index in [9.17, 15) is 9.59 Å². The van der Waals surface area contributed by atoms with Gasteiger partial charge in [0.25, 0.3) is 0 Å². The molecule has 1 aromatic heterocycles. The second-order valence-electron chi connectivity index (χ2n) is 8.40. The summed E-state index contributed by atoms with van der Waals surface area (Å²) in [5.41, 5.74) is 1.80. The quantitative estimate of drug-likeness (QED) is 0.488. The molecule has 8 heteroatoms. The Balaban J connectivity index is 1.36. The van der Waals surface area contributed by atoms with E-state index in [4.69, 9.17) is 15.7 Å². The van der Waals surface area contributed by atoms with Crippen LogP contribution in [0.5, 0.6) is 0 Å². The van der Waals surface area contributed by atoms with Gasteiger partial charge in [-0.15, -0.1) is 0 Å². The average Bonchev–Trinajstić information content (AvgIpc) is 3.06. The van der Waals surface area contributed by atoms with E-state index in [0.29, 0.717) is 13.0 Å². The molecule has 0 saturated heterocycles. The number of benzene rings is 1. The maximum absolute atomic E-state index is 12.8. The van der Waals surface area contributed by atoms with Crippen LogP contribution in [0.3, 0.4) is 0 Å². The van der Waals surface area contributed by atoms with E-state index < -0.39 is 21.7 Å². The lowest BCUT2D eigenvalue weighted by atomic mass is 9.63. The van der Waals surface area contributed by atoms with E-state index >= 15 is 0 Å². The second-order valence-corrected chi connectivity index (χ2v) is 12.2. The minimum absolute atomic E-state index is 0.180. The fourth-order valence-electron chi connectivity index (χ4n) is 3.80. The molecule has 31 heavy (non-hydrogen) atoms. The van der Waals surface area contributed by atoms with E-state index in [-0.39, 0.29) is 11.8 Å². The number of rotatable bonds is 9. The molecule has 2 amide bonds. The number of hydrogen-bond acceptors (Lipinski definition) is 3. The fourth-order valence-corrected chi connectivity index (χ4v) is 6.06. The van der Waals surface area contributed by atoms with Gasteiger partial charge in [-0.2, -0.15) is 0 Å². The molecule has 1 aliphatic heterocycles. The zero-order chi connectivity index (χ0) is 22.4. The maximum atomic E-state index is 12.8. The highest BCUT2D eigenvalue weighted by molar-refractivity contribution is 8.33. The molecule has 1 aliphatic rings. The van der Waals surface area contributed by atoms with Crippen LogP contribution in [0.4, 0.5) is 5.69 Å². The van der Waals surface area contributed by atoms with Gasteiger partial charge in [0, 0.05) is 30.3 Å². The first-order valence-electron chi connectivity index (χ1n) is 10.6. The number of aromatic nitrogens is 1. The summed E-state index contributed by atoms with van der Waals surface area (Å²) in [5, 5.41) is 2.84. The SMILES string of the molecule is [B]C(C(=O)NCCCCCC(=O)N1CS(C)(C)c2ccccc21)C([B])c1cccnc1. The van der Waals surface area contributed by atoms with Crippen molar-refractivity contribution in [1.29, 1.82) is 0 Å². The van der Waals surface area contributed by atoms with Crippen molar-refractivity contribution in [2.45, 2.75) is 42.2 Å². The Bertz CT molecular complexity index is 911. The number of carbonyl (C=O) groups excluding carboxylic acids is 2. The van der Waals surface area contributed by atoms with Crippen LogP contribution >= 0.6 is 10.0 Å². The summed E-state index contributed by atoms with van der Waals surface area (Å²) in [4.78, 5) is 32.3. The Morgan fingerprint density at radius 1 is 1.13 bits per heavy atom. The lowest BCUT2D eigenvalue weighted by Gasteiger charge is -2.26. The monoisotopic (exact) mass is 433 g/mol. The average molecular weight is 433 g/mol. The van der Waals surface area contributed by atoms with Crippen LogP contribution in [-0.2, 0) is 9.59 Å². The first-order chi connectivity index (χ1) is 14.8. The van der Waals surface area contributed by atoms with E-state index in [2.05, 4.69) is 28.9 Å². The van der Waals surface area contributed by atoms with E-state index in [0.717, 1.165) is 36.4 Å². The van der Waals surface area contributed by atoms with Crippen molar-refractivity contribution < 1.29 is 9.59 Å². The number of nitrogens with one attached hydrogen (secondary N) is 1. The molecule has 0 aliphatic carbocycles. The molecule has 2 atom stereocenters. The third kappa shape index (κ3) is 5.73. The van der Waals surface area contributed by atoms with Crippen LogP contribution in [0.2, 0.25) is 5.82 Å². The molecule has 1 aromatic carbocycles. The number of fused-ring (bicyclic) bond motifs is 1. The Kier molecular flexibility index (Phi) is 7.87. The van der Waals surface area contributed by atoms with Gasteiger partial charge in [-0.3, -0.25) is 14.6 Å². The summed E-state index contributed by atoms with van der Waals surface area (Å²) in [6.45, 7) is 0.518. The number of pyridine rings is 1. The van der Waals surface area contributed by atoms with Crippen molar-refractivity contribution in [3.8, 4) is 0 Å². The Labute approximate surface area is 189 Å². The summed E-state index contributed by atoms with van der Waals surface area (Å²) in [5.74, 6) is -0.714. The molecular weight excluding hydrogens is 404 g/mol. The maximum Gasteiger partial charge on any atom is 0.227 e. The molecule has 0 bridgehead atoms. The minimum Gasteiger partial charge on any atom is -0.357 e. The van der Waals surface area contributed by atoms with Crippen molar-refractivity contribution in [1.82, 2.24) is 10.3 Å². The van der Waals surface area contributed by atoms with Crippen molar-refractivity contribution in [3.05, 3.63) is 54.4 Å². The van der Waals surface area contributed by atoms with Gasteiger partial charge < -0.3 is 10.2 Å². The third-order valence-corrected chi connectivity index (χ3v) is 8.07. The van der Waals surface area contributed by atoms with Crippen LogP contribution in [0.1, 0.15) is 37.1 Å². The van der Waals surface area contributed by atoms with Crippen LogP contribution in [0.15, 0.2) is 53.7 Å². The lowest BCUT2D eigenvalue weighted by Crippen LogP contribution is -2.32. The van der Waals surface area contributed by atoms with Crippen LogP contribution < -0.4 is 10.2 Å². The number of anilines is 1. The van der Waals surface area contributed by atoms with Crippen LogP contribution in [-0.4, -0.2) is 57.4 Å². The number of nitrogens with zero attached hydrogens (tertiary/aromatic N) is 2. The molecule has 2 unspecified atom stereocenters. The number of hydrogen-bond donors (Lipinski definition) is 1. The topological polar surface area (TPSA) is 62.3 Å². The molecule has 0 saturated carbocycles. The normalized spacial score (nSPS) is 17.4. The summed E-state index contributed by atoms with van der Waals surface area (Å²) >= 11 is 0. The Morgan fingerprint density at radius 2 is 1.90 bits per heavy atom. The molecular formula is C23H29B2N3O2S. The zero-order valence-electron chi connectivity index (χ0n) is 18.3.